The molecule has 0 fully saturated rings. The number of aryl methyl sites for hydroxylation is 2. The van der Waals surface area contributed by atoms with E-state index in [0.717, 1.165) is 22.6 Å². The predicted octanol–water partition coefficient (Wildman–Crippen LogP) is 3.37. The summed E-state index contributed by atoms with van der Waals surface area (Å²) in [7, 11) is 1.67. The summed E-state index contributed by atoms with van der Waals surface area (Å²) < 4.78 is 5.13. The minimum absolute atomic E-state index is 0.876. The van der Waals surface area contributed by atoms with E-state index >= 15 is 0 Å². The monoisotopic (exact) mass is 213 g/mol. The Kier molecular flexibility index (Phi) is 2.91. The molecule has 1 aromatic heterocycles. The molecular weight excluding hydrogens is 198 g/mol. The van der Waals surface area contributed by atoms with Crippen LogP contribution in [0.4, 0.5) is 0 Å². The van der Waals surface area contributed by atoms with Gasteiger partial charge in [-0.1, -0.05) is 12.1 Å². The second-order valence-electron chi connectivity index (χ2n) is 3.85. The first kappa shape index (κ1) is 10.7. The molecule has 0 bridgehead atoms. The van der Waals surface area contributed by atoms with Crippen molar-refractivity contribution in [3.05, 3.63) is 47.8 Å². The maximum Gasteiger partial charge on any atom is 0.118 e. The number of rotatable bonds is 2. The summed E-state index contributed by atoms with van der Waals surface area (Å²) in [5.41, 5.74) is 4.60. The molecule has 0 atom stereocenters. The first-order valence-corrected chi connectivity index (χ1v) is 5.28. The number of hydrogen-bond acceptors (Lipinski definition) is 2. The minimum atomic E-state index is 0.876. The summed E-state index contributed by atoms with van der Waals surface area (Å²) in [4.78, 5) is 4.37. The zero-order valence-corrected chi connectivity index (χ0v) is 9.82. The molecule has 0 aliphatic rings. The highest BCUT2D eigenvalue weighted by atomic mass is 16.5. The van der Waals surface area contributed by atoms with E-state index in [0.29, 0.717) is 0 Å². The lowest BCUT2D eigenvalue weighted by molar-refractivity contribution is 0.415. The molecule has 0 unspecified atom stereocenters. The second kappa shape index (κ2) is 4.35. The van der Waals surface area contributed by atoms with E-state index in [1.807, 2.05) is 37.4 Å². The molecular formula is C14H15NO. The van der Waals surface area contributed by atoms with Crippen LogP contribution in [0.2, 0.25) is 0 Å². The number of nitrogens with zero attached hydrogens (tertiary/aromatic N) is 1. The Labute approximate surface area is 95.9 Å². The van der Waals surface area contributed by atoms with Crippen molar-refractivity contribution in [3.63, 3.8) is 0 Å². The first-order chi connectivity index (χ1) is 7.70. The number of pyridine rings is 1. The molecule has 0 saturated carbocycles. The smallest absolute Gasteiger partial charge is 0.118 e. The molecule has 2 rings (SSSR count). The van der Waals surface area contributed by atoms with Gasteiger partial charge in [0.25, 0.3) is 0 Å². The number of aromatic nitrogens is 1. The quantitative estimate of drug-likeness (QED) is 0.763. The van der Waals surface area contributed by atoms with Crippen LogP contribution in [-0.4, -0.2) is 12.1 Å². The van der Waals surface area contributed by atoms with Crippen molar-refractivity contribution in [1.29, 1.82) is 0 Å². The van der Waals surface area contributed by atoms with Crippen LogP contribution in [0.5, 0.6) is 5.75 Å². The Balaban J connectivity index is 2.38. The van der Waals surface area contributed by atoms with Gasteiger partial charge in [-0.25, -0.2) is 0 Å². The minimum Gasteiger partial charge on any atom is -0.497 e. The number of ether oxygens (including phenoxy) is 1. The molecule has 1 heterocycles. The molecule has 0 aliphatic carbocycles. The third kappa shape index (κ3) is 2.06. The van der Waals surface area contributed by atoms with E-state index in [4.69, 9.17) is 4.74 Å². The van der Waals surface area contributed by atoms with Crippen LogP contribution >= 0.6 is 0 Å². The van der Waals surface area contributed by atoms with Crippen molar-refractivity contribution in [1.82, 2.24) is 4.98 Å². The predicted molar refractivity (Wildman–Crippen MR) is 65.7 cm³/mol. The number of methoxy groups -OCH3 is 1. The van der Waals surface area contributed by atoms with Crippen molar-refractivity contribution >= 4 is 0 Å². The summed E-state index contributed by atoms with van der Waals surface area (Å²) in [6.45, 7) is 4.10. The highest BCUT2D eigenvalue weighted by Crippen LogP contribution is 2.22. The van der Waals surface area contributed by atoms with Gasteiger partial charge in [0.15, 0.2) is 0 Å². The lowest BCUT2D eigenvalue weighted by Gasteiger charge is -2.05. The van der Waals surface area contributed by atoms with E-state index in [9.17, 15) is 0 Å². The highest BCUT2D eigenvalue weighted by molar-refractivity contribution is 5.64. The van der Waals surface area contributed by atoms with E-state index in [1.165, 1.54) is 5.56 Å². The molecule has 1 aromatic carbocycles. The van der Waals surface area contributed by atoms with Gasteiger partial charge in [-0.2, -0.15) is 0 Å². The topological polar surface area (TPSA) is 22.1 Å². The molecule has 0 aliphatic heterocycles. The van der Waals surface area contributed by atoms with Crippen molar-refractivity contribution in [2.45, 2.75) is 13.8 Å². The highest BCUT2D eigenvalue weighted by Gasteiger charge is 2.01. The third-order valence-electron chi connectivity index (χ3n) is 2.76. The zero-order valence-electron chi connectivity index (χ0n) is 9.82. The summed E-state index contributed by atoms with van der Waals surface area (Å²) >= 11 is 0. The van der Waals surface area contributed by atoms with E-state index in [1.54, 1.807) is 7.11 Å². The maximum atomic E-state index is 5.13. The Morgan fingerprint density at radius 2 is 1.69 bits per heavy atom. The van der Waals surface area contributed by atoms with Crippen LogP contribution < -0.4 is 4.74 Å². The van der Waals surface area contributed by atoms with E-state index in [-0.39, 0.29) is 0 Å². The lowest BCUT2D eigenvalue weighted by atomic mass is 10.1. The van der Waals surface area contributed by atoms with Gasteiger partial charge in [-0.05, 0) is 43.2 Å². The van der Waals surface area contributed by atoms with Gasteiger partial charge in [-0.15, -0.1) is 0 Å². The van der Waals surface area contributed by atoms with Gasteiger partial charge in [0.1, 0.15) is 5.75 Å². The van der Waals surface area contributed by atoms with Gasteiger partial charge in [0.2, 0.25) is 0 Å². The summed E-state index contributed by atoms with van der Waals surface area (Å²) in [5, 5.41) is 0. The molecule has 0 radical (unpaired) electrons. The summed E-state index contributed by atoms with van der Waals surface area (Å²) in [5.74, 6) is 0.876. The van der Waals surface area contributed by atoms with Gasteiger partial charge in [0, 0.05) is 17.5 Å². The molecule has 16 heavy (non-hydrogen) atoms. The van der Waals surface area contributed by atoms with Crippen molar-refractivity contribution < 1.29 is 4.74 Å². The van der Waals surface area contributed by atoms with Crippen LogP contribution in [0.25, 0.3) is 11.1 Å². The SMILES string of the molecule is COc1ccc(-c2cnc(C)c(C)c2)cc1. The Hall–Kier alpha value is -1.83. The summed E-state index contributed by atoms with van der Waals surface area (Å²) in [6.07, 6.45) is 1.91. The zero-order chi connectivity index (χ0) is 11.5. The van der Waals surface area contributed by atoms with Gasteiger partial charge >= 0.3 is 0 Å². The van der Waals surface area contributed by atoms with Crippen molar-refractivity contribution in [2.75, 3.05) is 7.11 Å². The first-order valence-electron chi connectivity index (χ1n) is 5.28. The Morgan fingerprint density at radius 3 is 2.25 bits per heavy atom. The lowest BCUT2D eigenvalue weighted by Crippen LogP contribution is -1.88. The summed E-state index contributed by atoms with van der Waals surface area (Å²) in [6, 6.07) is 10.2. The van der Waals surface area contributed by atoms with Gasteiger partial charge in [-0.3, -0.25) is 4.98 Å². The van der Waals surface area contributed by atoms with Gasteiger partial charge in [0.05, 0.1) is 7.11 Å². The van der Waals surface area contributed by atoms with Crippen molar-refractivity contribution in [3.8, 4) is 16.9 Å². The standard InChI is InChI=1S/C14H15NO/c1-10-8-13(9-15-11(10)2)12-4-6-14(16-3)7-5-12/h4-9H,1-3H3. The normalized spacial score (nSPS) is 10.2. The molecule has 82 valence electrons. The molecule has 0 saturated heterocycles. The van der Waals surface area contributed by atoms with Crippen LogP contribution in [-0.2, 0) is 0 Å². The Bertz CT molecular complexity index is 489. The van der Waals surface area contributed by atoms with Crippen LogP contribution in [0, 0.1) is 13.8 Å². The average molecular weight is 213 g/mol. The number of benzene rings is 1. The van der Waals surface area contributed by atoms with Crippen LogP contribution in [0.15, 0.2) is 36.5 Å². The van der Waals surface area contributed by atoms with Crippen LogP contribution in [0.1, 0.15) is 11.3 Å². The average Bonchev–Trinajstić information content (AvgIpc) is 2.33. The molecule has 2 heteroatoms. The third-order valence-corrected chi connectivity index (χ3v) is 2.76. The number of hydrogen-bond donors (Lipinski definition) is 0. The van der Waals surface area contributed by atoms with Crippen LogP contribution in [0.3, 0.4) is 0 Å². The molecule has 0 amide bonds. The largest absolute Gasteiger partial charge is 0.497 e. The second-order valence-corrected chi connectivity index (χ2v) is 3.85. The van der Waals surface area contributed by atoms with E-state index < -0.39 is 0 Å². The van der Waals surface area contributed by atoms with Gasteiger partial charge < -0.3 is 4.74 Å². The molecule has 0 spiro atoms. The fraction of sp³-hybridized carbons (Fsp3) is 0.214. The fourth-order valence-corrected chi connectivity index (χ4v) is 1.58. The maximum absolute atomic E-state index is 5.13. The molecule has 0 N–H and O–H groups in total. The van der Waals surface area contributed by atoms with Crippen molar-refractivity contribution in [2.24, 2.45) is 0 Å². The molecule has 2 aromatic rings. The molecule has 2 nitrogen and oxygen atoms in total. The van der Waals surface area contributed by atoms with E-state index in [2.05, 4.69) is 18.0 Å². The Morgan fingerprint density at radius 1 is 1.00 bits per heavy atom. The fourth-order valence-electron chi connectivity index (χ4n) is 1.58.